The monoisotopic (exact) mass is 858 g/mol. The molecule has 0 aliphatic carbocycles. The van der Waals surface area contributed by atoms with E-state index in [1.165, 1.54) is 7.11 Å². The average molecular weight is 858 g/mol. The maximum atomic E-state index is 13.8. The number of hydrogen-bond donors (Lipinski definition) is 4. The molecule has 1 amide bonds. The quantitative estimate of drug-likeness (QED) is 0.0332. The van der Waals surface area contributed by atoms with Crippen LogP contribution in [0.15, 0.2) is 67.0 Å². The number of aryl methyl sites for hydroxylation is 1. The van der Waals surface area contributed by atoms with Crippen molar-refractivity contribution in [2.24, 2.45) is 0 Å². The smallest absolute Gasteiger partial charge is 0.305 e. The first-order chi connectivity index (χ1) is 30.3. The molecule has 0 saturated carbocycles. The normalized spacial score (nSPS) is 14.3. The van der Waals surface area contributed by atoms with Crippen molar-refractivity contribution in [1.29, 1.82) is 0 Å². The van der Waals surface area contributed by atoms with Crippen LogP contribution in [-0.2, 0) is 29.3 Å². The van der Waals surface area contributed by atoms with E-state index in [1.807, 2.05) is 61.5 Å². The number of likely N-dealkylation sites (tertiary alicyclic amines) is 1. The summed E-state index contributed by atoms with van der Waals surface area (Å²) in [5, 5.41) is 24.7. The van der Waals surface area contributed by atoms with Gasteiger partial charge in [-0.15, -0.1) is 0 Å². The van der Waals surface area contributed by atoms with Crippen molar-refractivity contribution in [2.75, 3.05) is 85.4 Å². The summed E-state index contributed by atoms with van der Waals surface area (Å²) in [5.74, 6) is 1.72. The van der Waals surface area contributed by atoms with Gasteiger partial charge >= 0.3 is 5.97 Å². The van der Waals surface area contributed by atoms with Crippen LogP contribution in [0.1, 0.15) is 104 Å². The zero-order valence-electron chi connectivity index (χ0n) is 36.9. The van der Waals surface area contributed by atoms with Crippen molar-refractivity contribution in [2.45, 2.75) is 89.1 Å². The standard InChI is InChI=1S/C47H67N7O8/c1-36-15-16-40(62-29-10-5-4-8-27-59-30-32-61-33-31-60-28-9-6-7-14-43(56)58-3)35-41(36)42(19-26-55)49-45(57)38-12-11-13-39(34-38)51-47(20-24-54(2)25-21-47)46-50-44(52-53-46)37-17-22-48-23-18-37/h11-13,15-18,22-23,34-35,42,51,55H,4-10,14,19-21,24-33H2,1-3H3,(H,49,57)(H,50,52,53)/t42-/m0/s1. The second-order valence-electron chi connectivity index (χ2n) is 15.9. The summed E-state index contributed by atoms with van der Waals surface area (Å²) in [7, 11) is 3.53. The number of carbonyl (C=O) groups is 2. The molecule has 0 unspecified atom stereocenters. The Balaban J connectivity index is 1.02. The first-order valence-corrected chi connectivity index (χ1v) is 22.2. The third-order valence-corrected chi connectivity index (χ3v) is 11.2. The molecule has 3 heterocycles. The van der Waals surface area contributed by atoms with E-state index in [0.717, 1.165) is 105 Å². The van der Waals surface area contributed by atoms with Gasteiger partial charge in [-0.2, -0.15) is 5.10 Å². The van der Waals surface area contributed by atoms with Gasteiger partial charge in [0.1, 0.15) is 5.75 Å². The molecule has 1 aliphatic rings. The number of piperidine rings is 1. The van der Waals surface area contributed by atoms with Gasteiger partial charge in [0.15, 0.2) is 11.6 Å². The lowest BCUT2D eigenvalue weighted by molar-refractivity contribution is -0.140. The van der Waals surface area contributed by atoms with Crippen molar-refractivity contribution in [3.63, 3.8) is 0 Å². The van der Waals surface area contributed by atoms with Crippen molar-refractivity contribution >= 4 is 17.6 Å². The minimum atomic E-state index is -0.504. The van der Waals surface area contributed by atoms with Crippen LogP contribution in [0, 0.1) is 6.92 Å². The molecule has 1 saturated heterocycles. The van der Waals surface area contributed by atoms with E-state index in [4.69, 9.17) is 23.9 Å². The Hall–Kier alpha value is -4.93. The summed E-state index contributed by atoms with van der Waals surface area (Å²) < 4.78 is 27.6. The number of H-pyrrole nitrogens is 1. The Morgan fingerprint density at radius 2 is 1.53 bits per heavy atom. The summed E-state index contributed by atoms with van der Waals surface area (Å²) in [6.45, 7) is 7.82. The summed E-state index contributed by atoms with van der Waals surface area (Å²) >= 11 is 0. The Kier molecular flexibility index (Phi) is 20.6. The predicted molar refractivity (Wildman–Crippen MR) is 238 cm³/mol. The van der Waals surface area contributed by atoms with Gasteiger partial charge in [-0.25, -0.2) is 4.98 Å². The van der Waals surface area contributed by atoms with E-state index in [1.54, 1.807) is 12.4 Å². The number of aromatic amines is 1. The van der Waals surface area contributed by atoms with Gasteiger partial charge in [0, 0.05) is 68.5 Å². The zero-order valence-corrected chi connectivity index (χ0v) is 36.9. The number of ether oxygens (including phenoxy) is 5. The average Bonchev–Trinajstić information content (AvgIpc) is 3.80. The van der Waals surface area contributed by atoms with Crippen LogP contribution in [0.5, 0.6) is 5.75 Å². The van der Waals surface area contributed by atoms with E-state index in [0.29, 0.717) is 70.5 Å². The Morgan fingerprint density at radius 1 is 0.855 bits per heavy atom. The molecule has 15 heteroatoms. The predicted octanol–water partition coefficient (Wildman–Crippen LogP) is 6.78. The van der Waals surface area contributed by atoms with Crippen LogP contribution < -0.4 is 15.4 Å². The molecule has 0 spiro atoms. The minimum absolute atomic E-state index is 0.0822. The molecule has 5 rings (SSSR count). The lowest BCUT2D eigenvalue weighted by Gasteiger charge is -2.40. The SMILES string of the molecule is COC(=O)CCCCCOCCOCCOCCCCCCOc1ccc(C)c([C@H](CCO)NC(=O)c2cccc(NC3(c4nc(-c5ccncc5)n[nH]4)CCN(C)CC3)c2)c1. The maximum Gasteiger partial charge on any atom is 0.305 e. The third kappa shape index (κ3) is 15.8. The number of rotatable bonds is 29. The highest BCUT2D eigenvalue weighted by atomic mass is 16.5. The molecule has 0 radical (unpaired) electrons. The number of pyridine rings is 1. The largest absolute Gasteiger partial charge is 0.494 e. The number of nitrogens with zero attached hydrogens (tertiary/aromatic N) is 4. The van der Waals surface area contributed by atoms with E-state index in [-0.39, 0.29) is 18.5 Å². The highest BCUT2D eigenvalue weighted by Crippen LogP contribution is 2.36. The maximum absolute atomic E-state index is 13.8. The van der Waals surface area contributed by atoms with Gasteiger partial charge in [0.25, 0.3) is 5.91 Å². The van der Waals surface area contributed by atoms with E-state index in [9.17, 15) is 14.7 Å². The van der Waals surface area contributed by atoms with Gasteiger partial charge in [0.05, 0.1) is 51.7 Å². The summed E-state index contributed by atoms with van der Waals surface area (Å²) in [6.07, 6.45) is 12.5. The number of benzene rings is 2. The minimum Gasteiger partial charge on any atom is -0.494 e. The molecule has 0 bridgehead atoms. The van der Waals surface area contributed by atoms with Gasteiger partial charge < -0.3 is 44.3 Å². The number of nitrogens with one attached hydrogen (secondary N) is 3. The second-order valence-corrected chi connectivity index (χ2v) is 15.9. The summed E-state index contributed by atoms with van der Waals surface area (Å²) in [6, 6.07) is 16.8. The molecule has 2 aromatic heterocycles. The first kappa shape index (κ1) is 48.1. The van der Waals surface area contributed by atoms with Gasteiger partial charge in [0.2, 0.25) is 0 Å². The number of methoxy groups -OCH3 is 1. The molecule has 4 aromatic rings. The molecule has 2 aromatic carbocycles. The lowest BCUT2D eigenvalue weighted by atomic mass is 9.86. The van der Waals surface area contributed by atoms with Crippen molar-refractivity contribution in [3.05, 3.63) is 89.5 Å². The lowest BCUT2D eigenvalue weighted by Crippen LogP contribution is -2.46. The zero-order chi connectivity index (χ0) is 43.8. The number of aliphatic hydroxyl groups excluding tert-OH is 1. The number of unbranched alkanes of at least 4 members (excludes halogenated alkanes) is 5. The molecule has 1 fully saturated rings. The van der Waals surface area contributed by atoms with Crippen LogP contribution in [0.2, 0.25) is 0 Å². The fraction of sp³-hybridized carbons (Fsp3) is 0.553. The first-order valence-electron chi connectivity index (χ1n) is 22.2. The van der Waals surface area contributed by atoms with Crippen LogP contribution in [0.3, 0.4) is 0 Å². The van der Waals surface area contributed by atoms with Crippen LogP contribution in [-0.4, -0.2) is 122 Å². The van der Waals surface area contributed by atoms with E-state index >= 15 is 0 Å². The van der Waals surface area contributed by atoms with E-state index in [2.05, 4.69) is 42.5 Å². The Labute approximate surface area is 366 Å². The third-order valence-electron chi connectivity index (χ3n) is 11.2. The molecule has 62 heavy (non-hydrogen) atoms. The Bertz CT molecular complexity index is 1900. The number of carbonyl (C=O) groups excluding carboxylic acids is 2. The van der Waals surface area contributed by atoms with Gasteiger partial charge in [-0.3, -0.25) is 19.7 Å². The molecular weight excluding hydrogens is 791 g/mol. The molecule has 15 nitrogen and oxygen atoms in total. The molecular formula is C47H67N7O8. The number of hydrogen-bond acceptors (Lipinski definition) is 13. The number of esters is 1. The molecule has 4 N–H and O–H groups in total. The van der Waals surface area contributed by atoms with Gasteiger partial charge in [-0.1, -0.05) is 25.0 Å². The topological polar surface area (TPSA) is 182 Å². The summed E-state index contributed by atoms with van der Waals surface area (Å²) in [4.78, 5) is 36.3. The fourth-order valence-electron chi connectivity index (χ4n) is 7.45. The Morgan fingerprint density at radius 3 is 2.23 bits per heavy atom. The van der Waals surface area contributed by atoms with Crippen LogP contribution in [0.4, 0.5) is 5.69 Å². The van der Waals surface area contributed by atoms with Crippen LogP contribution in [0.25, 0.3) is 11.4 Å². The fourth-order valence-corrected chi connectivity index (χ4v) is 7.45. The van der Waals surface area contributed by atoms with E-state index < -0.39 is 11.6 Å². The summed E-state index contributed by atoms with van der Waals surface area (Å²) in [5.41, 5.74) is 3.63. The van der Waals surface area contributed by atoms with Gasteiger partial charge in [-0.05, 0) is 119 Å². The van der Waals surface area contributed by atoms with Crippen molar-refractivity contribution in [3.8, 4) is 17.1 Å². The highest BCUT2D eigenvalue weighted by molar-refractivity contribution is 5.95. The number of aliphatic hydroxyl groups is 1. The molecule has 1 atom stereocenters. The molecule has 1 aliphatic heterocycles. The number of amides is 1. The molecule has 338 valence electrons. The van der Waals surface area contributed by atoms with Crippen molar-refractivity contribution < 1.29 is 38.4 Å². The number of aromatic nitrogens is 4. The highest BCUT2D eigenvalue weighted by Gasteiger charge is 2.39. The number of anilines is 1. The van der Waals surface area contributed by atoms with Crippen LogP contribution >= 0.6 is 0 Å². The van der Waals surface area contributed by atoms with Crippen molar-refractivity contribution in [1.82, 2.24) is 30.4 Å². The second kappa shape index (κ2) is 26.5.